The van der Waals surface area contributed by atoms with Crippen LogP contribution in [0.1, 0.15) is 23.2 Å². The quantitative estimate of drug-likeness (QED) is 0.775. The van der Waals surface area contributed by atoms with Crippen LogP contribution in [-0.4, -0.2) is 44.8 Å². The van der Waals surface area contributed by atoms with E-state index in [0.29, 0.717) is 5.56 Å². The van der Waals surface area contributed by atoms with Gasteiger partial charge in [0.05, 0.1) is 5.69 Å². The lowest BCUT2D eigenvalue weighted by Gasteiger charge is -2.31. The summed E-state index contributed by atoms with van der Waals surface area (Å²) < 4.78 is 26.5. The molecule has 5 nitrogen and oxygen atoms in total. The number of rotatable bonds is 2. The largest absolute Gasteiger partial charge is 0.346 e. The topological polar surface area (TPSA) is 61.9 Å². The second kappa shape index (κ2) is 5.91. The molecule has 1 saturated heterocycles. The van der Waals surface area contributed by atoms with E-state index in [1.807, 2.05) is 18.2 Å². The fraction of sp³-hybridized carbons (Fsp3) is 0.278. The molecule has 1 N–H and O–H groups in total. The van der Waals surface area contributed by atoms with E-state index in [9.17, 15) is 13.6 Å². The predicted octanol–water partition coefficient (Wildman–Crippen LogP) is 3.50. The Morgan fingerprint density at radius 2 is 1.80 bits per heavy atom. The van der Waals surface area contributed by atoms with Gasteiger partial charge in [0.2, 0.25) is 0 Å². The van der Waals surface area contributed by atoms with E-state index in [-0.39, 0.29) is 31.8 Å². The van der Waals surface area contributed by atoms with Crippen molar-refractivity contribution in [1.82, 2.24) is 19.9 Å². The standard InChI is InChI=1S/C18H16F2N4O/c19-18(20)6-9-24(10-7-18)17(25)13-3-1-12(2-4-13)15-14-5-8-21-16(14)23-11-22-15/h1-5,8,11H,6-7,9-10H2,(H,21,22,23). The van der Waals surface area contributed by atoms with Crippen molar-refractivity contribution in [3.63, 3.8) is 0 Å². The molecule has 3 heterocycles. The van der Waals surface area contributed by atoms with Crippen LogP contribution >= 0.6 is 0 Å². The van der Waals surface area contributed by atoms with Crippen LogP contribution in [0, 0.1) is 0 Å². The number of benzene rings is 1. The molecule has 1 aliphatic heterocycles. The van der Waals surface area contributed by atoms with Gasteiger partial charge in [0.15, 0.2) is 0 Å². The minimum atomic E-state index is -2.66. The van der Waals surface area contributed by atoms with Gasteiger partial charge in [0.1, 0.15) is 12.0 Å². The van der Waals surface area contributed by atoms with Crippen molar-refractivity contribution in [1.29, 1.82) is 0 Å². The number of halogens is 2. The summed E-state index contributed by atoms with van der Waals surface area (Å²) in [6.45, 7) is 0.174. The molecule has 1 amide bonds. The highest BCUT2D eigenvalue weighted by Gasteiger charge is 2.35. The number of nitrogens with one attached hydrogen (secondary N) is 1. The Hall–Kier alpha value is -2.83. The van der Waals surface area contributed by atoms with Crippen molar-refractivity contribution in [2.75, 3.05) is 13.1 Å². The van der Waals surface area contributed by atoms with Gasteiger partial charge in [-0.2, -0.15) is 0 Å². The Balaban J connectivity index is 1.56. The number of carbonyl (C=O) groups excluding carboxylic acids is 1. The Bertz CT molecular complexity index is 910. The number of alkyl halides is 2. The molecule has 0 radical (unpaired) electrons. The van der Waals surface area contributed by atoms with Gasteiger partial charge >= 0.3 is 0 Å². The van der Waals surface area contributed by atoms with Crippen LogP contribution in [0.4, 0.5) is 8.78 Å². The lowest BCUT2D eigenvalue weighted by molar-refractivity contribution is -0.0494. The van der Waals surface area contributed by atoms with E-state index in [0.717, 1.165) is 22.3 Å². The first-order valence-electron chi connectivity index (χ1n) is 8.09. The third-order valence-corrected chi connectivity index (χ3v) is 4.54. The van der Waals surface area contributed by atoms with E-state index >= 15 is 0 Å². The zero-order chi connectivity index (χ0) is 17.4. The molecular weight excluding hydrogens is 326 g/mol. The SMILES string of the molecule is O=C(c1ccc(-c2ncnc3[nH]ccc23)cc1)N1CCC(F)(F)CC1. The number of aromatic amines is 1. The van der Waals surface area contributed by atoms with Crippen LogP contribution in [0.3, 0.4) is 0 Å². The molecular formula is C18H16F2N4O. The molecule has 0 spiro atoms. The molecule has 0 saturated carbocycles. The van der Waals surface area contributed by atoms with Crippen LogP contribution < -0.4 is 0 Å². The Morgan fingerprint density at radius 1 is 1.08 bits per heavy atom. The smallest absolute Gasteiger partial charge is 0.253 e. The summed E-state index contributed by atoms with van der Waals surface area (Å²) in [5.41, 5.74) is 2.89. The maximum atomic E-state index is 13.2. The van der Waals surface area contributed by atoms with E-state index < -0.39 is 5.92 Å². The highest BCUT2D eigenvalue weighted by molar-refractivity contribution is 5.96. The Kier molecular flexibility index (Phi) is 3.71. The average molecular weight is 342 g/mol. The average Bonchev–Trinajstić information content (AvgIpc) is 3.10. The Morgan fingerprint density at radius 3 is 2.52 bits per heavy atom. The normalized spacial score (nSPS) is 17.0. The van der Waals surface area contributed by atoms with E-state index in [4.69, 9.17) is 0 Å². The molecule has 3 aromatic rings. The van der Waals surface area contributed by atoms with Crippen LogP contribution in [0.2, 0.25) is 0 Å². The number of aromatic nitrogens is 3. The molecule has 1 fully saturated rings. The number of carbonyl (C=O) groups is 1. The predicted molar refractivity (Wildman–Crippen MR) is 89.4 cm³/mol. The minimum absolute atomic E-state index is 0.0868. The van der Waals surface area contributed by atoms with Crippen molar-refractivity contribution in [2.24, 2.45) is 0 Å². The van der Waals surface area contributed by atoms with Gasteiger partial charge in [0.25, 0.3) is 11.8 Å². The van der Waals surface area contributed by atoms with Gasteiger partial charge in [-0.15, -0.1) is 0 Å². The van der Waals surface area contributed by atoms with Crippen molar-refractivity contribution >= 4 is 16.9 Å². The highest BCUT2D eigenvalue weighted by atomic mass is 19.3. The summed E-state index contributed by atoms with van der Waals surface area (Å²) in [6.07, 6.45) is 2.74. The first-order chi connectivity index (χ1) is 12.0. The van der Waals surface area contributed by atoms with Gasteiger partial charge in [-0.25, -0.2) is 18.7 Å². The number of hydrogen-bond donors (Lipinski definition) is 1. The van der Waals surface area contributed by atoms with Gasteiger partial charge in [-0.05, 0) is 18.2 Å². The van der Waals surface area contributed by atoms with Crippen molar-refractivity contribution < 1.29 is 13.6 Å². The molecule has 128 valence electrons. The van der Waals surface area contributed by atoms with Crippen LogP contribution in [0.25, 0.3) is 22.3 Å². The summed E-state index contributed by atoms with van der Waals surface area (Å²) >= 11 is 0. The third-order valence-electron chi connectivity index (χ3n) is 4.54. The minimum Gasteiger partial charge on any atom is -0.346 e. The first-order valence-corrected chi connectivity index (χ1v) is 8.09. The van der Waals surface area contributed by atoms with Crippen molar-refractivity contribution in [3.8, 4) is 11.3 Å². The Labute approximate surface area is 142 Å². The zero-order valence-corrected chi connectivity index (χ0v) is 13.4. The van der Waals surface area contributed by atoms with Gasteiger partial charge in [0, 0.05) is 48.6 Å². The fourth-order valence-electron chi connectivity index (χ4n) is 3.09. The van der Waals surface area contributed by atoms with Crippen molar-refractivity contribution in [2.45, 2.75) is 18.8 Å². The van der Waals surface area contributed by atoms with Crippen LogP contribution in [0.5, 0.6) is 0 Å². The number of hydrogen-bond acceptors (Lipinski definition) is 3. The molecule has 7 heteroatoms. The molecule has 25 heavy (non-hydrogen) atoms. The lowest BCUT2D eigenvalue weighted by atomic mass is 10.0. The summed E-state index contributed by atoms with van der Waals surface area (Å²) in [6, 6.07) is 8.97. The summed E-state index contributed by atoms with van der Waals surface area (Å²) in [5.74, 6) is -2.87. The number of H-pyrrole nitrogens is 1. The molecule has 0 bridgehead atoms. The second-order valence-corrected chi connectivity index (χ2v) is 6.19. The van der Waals surface area contributed by atoms with Crippen LogP contribution in [0.15, 0.2) is 42.9 Å². The number of amides is 1. The highest BCUT2D eigenvalue weighted by Crippen LogP contribution is 2.29. The molecule has 0 unspecified atom stereocenters. The molecule has 1 aromatic carbocycles. The first kappa shape index (κ1) is 15.7. The molecule has 4 rings (SSSR count). The van der Waals surface area contributed by atoms with E-state index in [1.54, 1.807) is 18.3 Å². The van der Waals surface area contributed by atoms with Crippen LogP contribution in [-0.2, 0) is 0 Å². The maximum Gasteiger partial charge on any atom is 0.253 e. The number of piperidine rings is 1. The molecule has 0 atom stereocenters. The molecule has 2 aromatic heterocycles. The summed E-state index contributed by atoms with van der Waals surface area (Å²) in [7, 11) is 0. The molecule has 1 aliphatic rings. The van der Waals surface area contributed by atoms with E-state index in [2.05, 4.69) is 15.0 Å². The number of nitrogens with zero attached hydrogens (tertiary/aromatic N) is 3. The van der Waals surface area contributed by atoms with Crippen molar-refractivity contribution in [3.05, 3.63) is 48.4 Å². The summed E-state index contributed by atoms with van der Waals surface area (Å²) in [4.78, 5) is 25.5. The fourth-order valence-corrected chi connectivity index (χ4v) is 3.09. The second-order valence-electron chi connectivity index (χ2n) is 6.19. The number of fused-ring (bicyclic) bond motifs is 1. The third kappa shape index (κ3) is 2.97. The lowest BCUT2D eigenvalue weighted by Crippen LogP contribution is -2.42. The summed E-state index contributed by atoms with van der Waals surface area (Å²) in [5, 5.41) is 0.903. The monoisotopic (exact) mass is 342 g/mol. The number of likely N-dealkylation sites (tertiary alicyclic amines) is 1. The molecule has 0 aliphatic carbocycles. The van der Waals surface area contributed by atoms with Gasteiger partial charge < -0.3 is 9.88 Å². The maximum absolute atomic E-state index is 13.2. The van der Waals surface area contributed by atoms with Gasteiger partial charge in [-0.3, -0.25) is 4.79 Å². The zero-order valence-electron chi connectivity index (χ0n) is 13.4. The van der Waals surface area contributed by atoms with E-state index in [1.165, 1.54) is 11.2 Å². The van der Waals surface area contributed by atoms with Gasteiger partial charge in [-0.1, -0.05) is 12.1 Å².